The van der Waals surface area contributed by atoms with Gasteiger partial charge in [0.05, 0.1) is 16.2 Å². The average Bonchev–Trinajstić information content (AvgIpc) is 3.11. The molecule has 154 valence electrons. The van der Waals surface area contributed by atoms with Crippen LogP contribution in [-0.4, -0.2) is 30.6 Å². The van der Waals surface area contributed by atoms with Gasteiger partial charge in [-0.05, 0) is 35.9 Å². The lowest BCUT2D eigenvalue weighted by molar-refractivity contribution is -0.384. The van der Waals surface area contributed by atoms with Gasteiger partial charge in [0.1, 0.15) is 5.71 Å². The van der Waals surface area contributed by atoms with Gasteiger partial charge in [-0.25, -0.2) is 0 Å². The molecule has 0 N–H and O–H groups in total. The normalized spacial score (nSPS) is 14.6. The molecule has 0 unspecified atom stereocenters. The Labute approximate surface area is 179 Å². The molecule has 0 atom stereocenters. The van der Waals surface area contributed by atoms with Crippen LogP contribution >= 0.6 is 0 Å². The highest BCUT2D eigenvalue weighted by Crippen LogP contribution is 2.29. The quantitative estimate of drug-likeness (QED) is 0.351. The summed E-state index contributed by atoms with van der Waals surface area (Å²) in [5, 5.41) is 16.8. The van der Waals surface area contributed by atoms with Crippen molar-refractivity contribution in [3.05, 3.63) is 106 Å². The number of nitro groups is 1. The SMILES string of the molecule is CN(C)c1ccc(/C=C2/C(=O)N(c3ccc([N+](=O)[O-])cc3)N=C2c2ccccc2)cc1. The molecule has 7 nitrogen and oxygen atoms in total. The summed E-state index contributed by atoms with van der Waals surface area (Å²) in [6.07, 6.45) is 1.82. The number of hydrogen-bond acceptors (Lipinski definition) is 5. The van der Waals surface area contributed by atoms with Crippen molar-refractivity contribution in [2.45, 2.75) is 0 Å². The zero-order valence-electron chi connectivity index (χ0n) is 17.1. The van der Waals surface area contributed by atoms with Gasteiger partial charge in [-0.2, -0.15) is 10.1 Å². The third-order valence-corrected chi connectivity index (χ3v) is 4.95. The number of anilines is 2. The molecule has 4 rings (SSSR count). The minimum absolute atomic E-state index is 0.0422. The van der Waals surface area contributed by atoms with Gasteiger partial charge in [-0.3, -0.25) is 14.9 Å². The smallest absolute Gasteiger partial charge is 0.281 e. The lowest BCUT2D eigenvalue weighted by Crippen LogP contribution is -2.21. The molecule has 0 saturated carbocycles. The second kappa shape index (κ2) is 8.23. The molecule has 1 aliphatic heterocycles. The number of nitrogens with zero attached hydrogens (tertiary/aromatic N) is 4. The lowest BCUT2D eigenvalue weighted by Gasteiger charge is -2.12. The topological polar surface area (TPSA) is 79.0 Å². The number of hydrogen-bond donors (Lipinski definition) is 0. The molecule has 0 saturated heterocycles. The highest BCUT2D eigenvalue weighted by atomic mass is 16.6. The highest BCUT2D eigenvalue weighted by molar-refractivity contribution is 6.37. The van der Waals surface area contributed by atoms with E-state index in [2.05, 4.69) is 5.10 Å². The second-order valence-corrected chi connectivity index (χ2v) is 7.25. The van der Waals surface area contributed by atoms with Crippen LogP contribution in [0.3, 0.4) is 0 Å². The summed E-state index contributed by atoms with van der Waals surface area (Å²) >= 11 is 0. The number of benzene rings is 3. The summed E-state index contributed by atoms with van der Waals surface area (Å²) in [6.45, 7) is 0. The first-order valence-electron chi connectivity index (χ1n) is 9.66. The molecular formula is C24H20N4O3. The summed E-state index contributed by atoms with van der Waals surface area (Å²) < 4.78 is 0. The maximum absolute atomic E-state index is 13.3. The van der Waals surface area contributed by atoms with Gasteiger partial charge in [-0.1, -0.05) is 42.5 Å². The first kappa shape index (κ1) is 20.0. The van der Waals surface area contributed by atoms with Gasteiger partial charge < -0.3 is 4.90 Å². The molecule has 7 heteroatoms. The molecule has 3 aromatic carbocycles. The Bertz CT molecular complexity index is 1180. The maximum Gasteiger partial charge on any atom is 0.281 e. The van der Waals surface area contributed by atoms with E-state index < -0.39 is 4.92 Å². The minimum atomic E-state index is -0.475. The van der Waals surface area contributed by atoms with E-state index in [9.17, 15) is 14.9 Å². The molecule has 1 amide bonds. The fraction of sp³-hybridized carbons (Fsp3) is 0.0833. The molecule has 0 aromatic heterocycles. The van der Waals surface area contributed by atoms with Crippen molar-refractivity contribution < 1.29 is 9.72 Å². The Morgan fingerprint density at radius 1 is 0.935 bits per heavy atom. The van der Waals surface area contributed by atoms with E-state index in [4.69, 9.17) is 0 Å². The van der Waals surface area contributed by atoms with Crippen LogP contribution in [0.4, 0.5) is 17.1 Å². The van der Waals surface area contributed by atoms with Gasteiger partial charge in [-0.15, -0.1) is 0 Å². The van der Waals surface area contributed by atoms with E-state index >= 15 is 0 Å². The third-order valence-electron chi connectivity index (χ3n) is 4.95. The fourth-order valence-corrected chi connectivity index (χ4v) is 3.28. The van der Waals surface area contributed by atoms with E-state index in [-0.39, 0.29) is 11.6 Å². The van der Waals surface area contributed by atoms with Crippen LogP contribution in [-0.2, 0) is 4.79 Å². The summed E-state index contributed by atoms with van der Waals surface area (Å²) in [5.74, 6) is -0.288. The number of nitro benzene ring substituents is 1. The molecule has 0 bridgehead atoms. The van der Waals surface area contributed by atoms with Crippen LogP contribution < -0.4 is 9.91 Å². The lowest BCUT2D eigenvalue weighted by atomic mass is 10.00. The number of non-ortho nitro benzene ring substituents is 1. The molecule has 0 aliphatic carbocycles. The average molecular weight is 412 g/mol. The predicted molar refractivity (Wildman–Crippen MR) is 122 cm³/mol. The summed E-state index contributed by atoms with van der Waals surface area (Å²) in [4.78, 5) is 25.8. The molecule has 1 heterocycles. The number of carbonyl (C=O) groups is 1. The van der Waals surface area contributed by atoms with Crippen molar-refractivity contribution in [1.82, 2.24) is 0 Å². The van der Waals surface area contributed by atoms with Gasteiger partial charge >= 0.3 is 0 Å². The van der Waals surface area contributed by atoms with Crippen LogP contribution in [0.15, 0.2) is 89.5 Å². The molecule has 0 fully saturated rings. The van der Waals surface area contributed by atoms with Gasteiger partial charge in [0.25, 0.3) is 11.6 Å². The highest BCUT2D eigenvalue weighted by Gasteiger charge is 2.32. The maximum atomic E-state index is 13.3. The molecule has 3 aromatic rings. The Morgan fingerprint density at radius 2 is 1.58 bits per heavy atom. The number of carbonyl (C=O) groups excluding carboxylic acids is 1. The number of rotatable bonds is 5. The zero-order chi connectivity index (χ0) is 22.0. The van der Waals surface area contributed by atoms with Crippen molar-refractivity contribution >= 4 is 34.8 Å². The monoisotopic (exact) mass is 412 g/mol. The molecule has 0 radical (unpaired) electrons. The van der Waals surface area contributed by atoms with E-state index in [0.717, 1.165) is 16.8 Å². The van der Waals surface area contributed by atoms with Crippen LogP contribution in [0.5, 0.6) is 0 Å². The summed E-state index contributed by atoms with van der Waals surface area (Å²) in [7, 11) is 3.94. The standard InChI is InChI=1S/C24H20N4O3/c1-26(2)19-10-8-17(9-11-19)16-22-23(18-6-4-3-5-7-18)25-27(24(22)29)20-12-14-21(15-13-20)28(30)31/h3-16H,1-2H3/b22-16+. The van der Waals surface area contributed by atoms with Crippen LogP contribution in [0, 0.1) is 10.1 Å². The van der Waals surface area contributed by atoms with Crippen molar-refractivity contribution in [1.29, 1.82) is 0 Å². The Morgan fingerprint density at radius 3 is 2.16 bits per heavy atom. The summed E-state index contributed by atoms with van der Waals surface area (Å²) in [5.41, 5.74) is 4.20. The zero-order valence-corrected chi connectivity index (χ0v) is 17.1. The second-order valence-electron chi connectivity index (χ2n) is 7.25. The van der Waals surface area contributed by atoms with E-state index in [1.807, 2.05) is 79.7 Å². The van der Waals surface area contributed by atoms with Gasteiger partial charge in [0, 0.05) is 37.5 Å². The predicted octanol–water partition coefficient (Wildman–Crippen LogP) is 4.50. The van der Waals surface area contributed by atoms with E-state index in [0.29, 0.717) is 17.0 Å². The fourth-order valence-electron chi connectivity index (χ4n) is 3.28. The summed E-state index contributed by atoms with van der Waals surface area (Å²) in [6, 6.07) is 23.1. The van der Waals surface area contributed by atoms with Crippen molar-refractivity contribution in [3.8, 4) is 0 Å². The molecule has 31 heavy (non-hydrogen) atoms. The van der Waals surface area contributed by atoms with E-state index in [1.54, 1.807) is 0 Å². The van der Waals surface area contributed by atoms with Crippen LogP contribution in [0.2, 0.25) is 0 Å². The largest absolute Gasteiger partial charge is 0.378 e. The van der Waals surface area contributed by atoms with Crippen LogP contribution in [0.1, 0.15) is 11.1 Å². The van der Waals surface area contributed by atoms with Crippen LogP contribution in [0.25, 0.3) is 6.08 Å². The third kappa shape index (κ3) is 4.06. The first-order valence-corrected chi connectivity index (χ1v) is 9.66. The van der Waals surface area contributed by atoms with E-state index in [1.165, 1.54) is 29.3 Å². The number of hydrazone groups is 1. The Balaban J connectivity index is 1.75. The van der Waals surface area contributed by atoms with Gasteiger partial charge in [0.2, 0.25) is 0 Å². The van der Waals surface area contributed by atoms with Gasteiger partial charge in [0.15, 0.2) is 0 Å². The molecule has 0 spiro atoms. The first-order chi connectivity index (χ1) is 14.9. The minimum Gasteiger partial charge on any atom is -0.378 e. The number of amides is 1. The Kier molecular flexibility index (Phi) is 5.32. The van der Waals surface area contributed by atoms with Crippen molar-refractivity contribution in [2.75, 3.05) is 24.0 Å². The Hall–Kier alpha value is -4.26. The molecule has 1 aliphatic rings. The van der Waals surface area contributed by atoms with Crippen molar-refractivity contribution in [2.24, 2.45) is 5.10 Å². The van der Waals surface area contributed by atoms with Crippen molar-refractivity contribution in [3.63, 3.8) is 0 Å². The molecular weight excluding hydrogens is 392 g/mol.